The van der Waals surface area contributed by atoms with Gasteiger partial charge < -0.3 is 19.5 Å². The summed E-state index contributed by atoms with van der Waals surface area (Å²) in [6.45, 7) is 5.81. The Labute approximate surface area is 170 Å². The highest BCUT2D eigenvalue weighted by Crippen LogP contribution is 2.34. The van der Waals surface area contributed by atoms with Crippen LogP contribution in [-0.4, -0.2) is 45.1 Å². The van der Waals surface area contributed by atoms with Crippen molar-refractivity contribution in [3.8, 4) is 17.2 Å². The largest absolute Gasteiger partial charge is 0.494 e. The normalized spacial score (nSPS) is 12.8. The van der Waals surface area contributed by atoms with E-state index >= 15 is 0 Å². The number of aryl methyl sites for hydroxylation is 1. The van der Waals surface area contributed by atoms with Gasteiger partial charge in [0.15, 0.2) is 11.5 Å². The Hall–Kier alpha value is -2.78. The molecule has 0 saturated carbocycles. The molecule has 2 aromatic carbocycles. The summed E-state index contributed by atoms with van der Waals surface area (Å²) in [4.78, 5) is 12.6. The molecule has 0 aromatic heterocycles. The van der Waals surface area contributed by atoms with Gasteiger partial charge >= 0.3 is 0 Å². The number of sulfonamides is 1. The van der Waals surface area contributed by atoms with Crippen LogP contribution in [0.4, 0.5) is 5.69 Å². The molecule has 2 aromatic rings. The minimum absolute atomic E-state index is 0.121. The number of rotatable bonds is 8. The SMILES string of the molecule is CCOc1ccc(S(=O)(=O)N(CC)CC(=O)Nc2ccc3c(c2)OCO3)cc1C. The summed E-state index contributed by atoms with van der Waals surface area (Å²) in [5.74, 6) is 1.33. The third kappa shape index (κ3) is 4.63. The minimum Gasteiger partial charge on any atom is -0.494 e. The molecule has 29 heavy (non-hydrogen) atoms. The number of likely N-dealkylation sites (N-methyl/N-ethyl adjacent to an activating group) is 1. The molecule has 1 heterocycles. The van der Waals surface area contributed by atoms with Crippen LogP contribution in [0.25, 0.3) is 0 Å². The van der Waals surface area contributed by atoms with Gasteiger partial charge in [-0.25, -0.2) is 8.42 Å². The fourth-order valence-electron chi connectivity index (χ4n) is 2.95. The zero-order chi connectivity index (χ0) is 21.0. The number of benzene rings is 2. The third-order valence-electron chi connectivity index (χ3n) is 4.41. The molecule has 1 N–H and O–H groups in total. The van der Waals surface area contributed by atoms with E-state index in [-0.39, 0.29) is 24.8 Å². The predicted octanol–water partition coefficient (Wildman–Crippen LogP) is 2.77. The van der Waals surface area contributed by atoms with Crippen LogP contribution < -0.4 is 19.5 Å². The van der Waals surface area contributed by atoms with Crippen molar-refractivity contribution in [2.75, 3.05) is 31.8 Å². The van der Waals surface area contributed by atoms with Crippen LogP contribution in [0.3, 0.4) is 0 Å². The first-order valence-corrected chi connectivity index (χ1v) is 10.7. The summed E-state index contributed by atoms with van der Waals surface area (Å²) in [7, 11) is -3.83. The molecule has 3 rings (SSSR count). The van der Waals surface area contributed by atoms with E-state index in [2.05, 4.69) is 5.32 Å². The summed E-state index contributed by atoms with van der Waals surface area (Å²) < 4.78 is 43.1. The number of carbonyl (C=O) groups excluding carboxylic acids is 1. The van der Waals surface area contributed by atoms with Crippen molar-refractivity contribution in [3.63, 3.8) is 0 Å². The van der Waals surface area contributed by atoms with Crippen LogP contribution >= 0.6 is 0 Å². The average molecular weight is 420 g/mol. The molecule has 1 aliphatic rings. The van der Waals surface area contributed by atoms with Gasteiger partial charge in [-0.15, -0.1) is 0 Å². The van der Waals surface area contributed by atoms with E-state index in [1.54, 1.807) is 44.2 Å². The van der Waals surface area contributed by atoms with Crippen LogP contribution in [0.1, 0.15) is 19.4 Å². The summed E-state index contributed by atoms with van der Waals surface area (Å²) in [6, 6.07) is 9.68. The molecule has 0 unspecified atom stereocenters. The molecule has 1 aliphatic heterocycles. The van der Waals surface area contributed by atoms with Crippen LogP contribution in [0.2, 0.25) is 0 Å². The van der Waals surface area contributed by atoms with Crippen molar-refractivity contribution in [1.82, 2.24) is 4.31 Å². The Balaban J connectivity index is 1.72. The number of ether oxygens (including phenoxy) is 3. The standard InChI is InChI=1S/C20H24N2O6S/c1-4-22(29(24,25)16-7-9-17(26-5-2)14(3)10-16)12-20(23)21-15-6-8-18-19(11-15)28-13-27-18/h6-11H,4-5,12-13H2,1-3H3,(H,21,23). The minimum atomic E-state index is -3.83. The van der Waals surface area contributed by atoms with Crippen molar-refractivity contribution in [2.24, 2.45) is 0 Å². The van der Waals surface area contributed by atoms with E-state index in [0.717, 1.165) is 4.31 Å². The zero-order valence-electron chi connectivity index (χ0n) is 16.6. The maximum Gasteiger partial charge on any atom is 0.243 e. The van der Waals surface area contributed by atoms with Gasteiger partial charge in [-0.3, -0.25) is 4.79 Å². The van der Waals surface area contributed by atoms with E-state index < -0.39 is 15.9 Å². The molecule has 0 aliphatic carbocycles. The lowest BCUT2D eigenvalue weighted by molar-refractivity contribution is -0.116. The average Bonchev–Trinajstić information content (AvgIpc) is 3.15. The van der Waals surface area contributed by atoms with Gasteiger partial charge in [0.25, 0.3) is 0 Å². The van der Waals surface area contributed by atoms with Crippen molar-refractivity contribution in [1.29, 1.82) is 0 Å². The second kappa shape index (κ2) is 8.71. The molecule has 0 fully saturated rings. The van der Waals surface area contributed by atoms with Crippen molar-refractivity contribution in [2.45, 2.75) is 25.7 Å². The topological polar surface area (TPSA) is 94.2 Å². The van der Waals surface area contributed by atoms with E-state index in [0.29, 0.717) is 35.1 Å². The lowest BCUT2D eigenvalue weighted by Gasteiger charge is -2.21. The van der Waals surface area contributed by atoms with Crippen molar-refractivity contribution >= 4 is 21.6 Å². The van der Waals surface area contributed by atoms with E-state index in [1.807, 2.05) is 6.92 Å². The summed E-state index contributed by atoms with van der Waals surface area (Å²) in [6.07, 6.45) is 0. The van der Waals surface area contributed by atoms with Gasteiger partial charge in [-0.2, -0.15) is 4.31 Å². The van der Waals surface area contributed by atoms with Crippen LogP contribution in [-0.2, 0) is 14.8 Å². The van der Waals surface area contributed by atoms with Gasteiger partial charge in [0.05, 0.1) is 18.0 Å². The number of amides is 1. The second-order valence-corrected chi connectivity index (χ2v) is 8.35. The van der Waals surface area contributed by atoms with Gasteiger partial charge in [0, 0.05) is 18.3 Å². The molecule has 9 heteroatoms. The van der Waals surface area contributed by atoms with Gasteiger partial charge in [-0.1, -0.05) is 6.92 Å². The fourth-order valence-corrected chi connectivity index (χ4v) is 4.44. The highest BCUT2D eigenvalue weighted by Gasteiger charge is 2.26. The lowest BCUT2D eigenvalue weighted by atomic mass is 10.2. The molecule has 0 saturated heterocycles. The maximum absolute atomic E-state index is 13.0. The van der Waals surface area contributed by atoms with E-state index in [1.165, 1.54) is 6.07 Å². The number of hydrogen-bond donors (Lipinski definition) is 1. The van der Waals surface area contributed by atoms with Gasteiger partial charge in [0.2, 0.25) is 22.7 Å². The molecule has 0 radical (unpaired) electrons. The monoisotopic (exact) mass is 420 g/mol. The molecule has 0 atom stereocenters. The van der Waals surface area contributed by atoms with E-state index in [9.17, 15) is 13.2 Å². The summed E-state index contributed by atoms with van der Waals surface area (Å²) >= 11 is 0. The third-order valence-corrected chi connectivity index (χ3v) is 6.33. The predicted molar refractivity (Wildman–Crippen MR) is 108 cm³/mol. The van der Waals surface area contributed by atoms with E-state index in [4.69, 9.17) is 14.2 Å². The molecule has 0 spiro atoms. The first-order chi connectivity index (χ1) is 13.8. The second-order valence-electron chi connectivity index (χ2n) is 6.41. The number of nitrogens with one attached hydrogen (secondary N) is 1. The first-order valence-electron chi connectivity index (χ1n) is 9.28. The lowest BCUT2D eigenvalue weighted by Crippen LogP contribution is -2.37. The number of fused-ring (bicyclic) bond motifs is 1. The van der Waals surface area contributed by atoms with Crippen LogP contribution in [0.5, 0.6) is 17.2 Å². The van der Waals surface area contributed by atoms with Gasteiger partial charge in [0.1, 0.15) is 5.75 Å². The maximum atomic E-state index is 13.0. The van der Waals surface area contributed by atoms with Gasteiger partial charge in [-0.05, 0) is 49.7 Å². The Kier molecular flexibility index (Phi) is 6.29. The smallest absolute Gasteiger partial charge is 0.243 e. The molecule has 0 bridgehead atoms. The molecular weight excluding hydrogens is 396 g/mol. The highest BCUT2D eigenvalue weighted by atomic mass is 32.2. The number of nitrogens with zero attached hydrogens (tertiary/aromatic N) is 1. The molecular formula is C20H24N2O6S. The fraction of sp³-hybridized carbons (Fsp3) is 0.350. The Bertz CT molecular complexity index is 1010. The Morgan fingerprint density at radius 1 is 1.14 bits per heavy atom. The van der Waals surface area contributed by atoms with Crippen LogP contribution in [0.15, 0.2) is 41.3 Å². The summed E-state index contributed by atoms with van der Waals surface area (Å²) in [5, 5.41) is 2.70. The molecule has 8 nitrogen and oxygen atoms in total. The number of hydrogen-bond acceptors (Lipinski definition) is 6. The molecule has 156 valence electrons. The molecule has 1 amide bonds. The first kappa shape index (κ1) is 20.9. The summed E-state index contributed by atoms with van der Waals surface area (Å²) in [5.41, 5.74) is 1.22. The Morgan fingerprint density at radius 3 is 2.59 bits per heavy atom. The van der Waals surface area contributed by atoms with Crippen molar-refractivity contribution in [3.05, 3.63) is 42.0 Å². The number of carbonyl (C=O) groups is 1. The highest BCUT2D eigenvalue weighted by molar-refractivity contribution is 7.89. The quantitative estimate of drug-likeness (QED) is 0.706. The van der Waals surface area contributed by atoms with Crippen molar-refractivity contribution < 1.29 is 27.4 Å². The van der Waals surface area contributed by atoms with Crippen LogP contribution in [0, 0.1) is 6.92 Å². The number of anilines is 1. The Morgan fingerprint density at radius 2 is 1.90 bits per heavy atom. The zero-order valence-corrected chi connectivity index (χ0v) is 17.4.